The molecule has 4 nitrogen and oxygen atoms in total. The largest absolute Gasteiger partial charge is 0.386 e. The monoisotopic (exact) mass is 424 g/mol. The van der Waals surface area contributed by atoms with E-state index in [1.54, 1.807) is 12.1 Å². The molecule has 0 aromatic heterocycles. The van der Waals surface area contributed by atoms with E-state index < -0.39 is 29.6 Å². The van der Waals surface area contributed by atoms with Gasteiger partial charge in [-0.25, -0.2) is 4.39 Å². The third-order valence-corrected chi connectivity index (χ3v) is 5.18. The first-order valence-electron chi connectivity index (χ1n) is 9.23. The van der Waals surface area contributed by atoms with Crippen molar-refractivity contribution in [3.63, 3.8) is 0 Å². The fraction of sp³-hybridized carbons (Fsp3) is 0.381. The molecule has 2 aromatic carbocycles. The number of halogens is 3. The molecule has 1 aliphatic rings. The van der Waals surface area contributed by atoms with E-state index in [1.165, 1.54) is 18.4 Å². The van der Waals surface area contributed by atoms with Gasteiger partial charge in [-0.05, 0) is 35.1 Å². The van der Waals surface area contributed by atoms with E-state index in [2.05, 4.69) is 34.9 Å². The topological polar surface area (TPSA) is 61.4 Å². The molecule has 1 aliphatic carbocycles. The van der Waals surface area contributed by atoms with Crippen LogP contribution in [-0.4, -0.2) is 34.6 Å². The van der Waals surface area contributed by atoms with Crippen LogP contribution < -0.4 is 10.6 Å². The number of carbonyl (C=O) groups is 1. The average molecular weight is 425 g/mol. The van der Waals surface area contributed by atoms with Crippen molar-refractivity contribution < 1.29 is 14.3 Å². The van der Waals surface area contributed by atoms with Crippen molar-refractivity contribution in [2.45, 2.75) is 42.4 Å². The maximum atomic E-state index is 13.2. The lowest BCUT2D eigenvalue weighted by atomic mass is 9.98. The fourth-order valence-corrected chi connectivity index (χ4v) is 3.04. The van der Waals surface area contributed by atoms with E-state index in [-0.39, 0.29) is 0 Å². The Morgan fingerprint density at radius 1 is 1.07 bits per heavy atom. The summed E-state index contributed by atoms with van der Waals surface area (Å²) in [5.74, 6) is -0.738. The summed E-state index contributed by atoms with van der Waals surface area (Å²) >= 11 is 10.9. The molecule has 1 fully saturated rings. The minimum atomic E-state index is -1.31. The van der Waals surface area contributed by atoms with E-state index in [0.29, 0.717) is 11.6 Å². The van der Waals surface area contributed by atoms with Crippen molar-refractivity contribution in [1.29, 1.82) is 0 Å². The Labute approximate surface area is 174 Å². The lowest BCUT2D eigenvalue weighted by Gasteiger charge is -2.22. The zero-order valence-corrected chi connectivity index (χ0v) is 16.8. The number of hydrogen-bond donors (Lipinski definition) is 3. The van der Waals surface area contributed by atoms with Gasteiger partial charge in [0.15, 0.2) is 4.84 Å². The zero-order valence-electron chi connectivity index (χ0n) is 15.2. The first-order valence-corrected chi connectivity index (χ1v) is 10.1. The molecule has 0 heterocycles. The van der Waals surface area contributed by atoms with Gasteiger partial charge in [-0.2, -0.15) is 0 Å². The van der Waals surface area contributed by atoms with Gasteiger partial charge in [-0.15, -0.1) is 0 Å². The molecule has 2 unspecified atom stereocenters. The number of rotatable bonds is 9. The maximum absolute atomic E-state index is 13.2. The van der Waals surface area contributed by atoms with E-state index in [4.69, 9.17) is 23.2 Å². The van der Waals surface area contributed by atoms with Gasteiger partial charge < -0.3 is 15.7 Å². The van der Waals surface area contributed by atoms with Gasteiger partial charge in [-0.3, -0.25) is 4.79 Å². The summed E-state index contributed by atoms with van der Waals surface area (Å²) in [5, 5.41) is 16.2. The third-order valence-electron chi connectivity index (χ3n) is 4.78. The first-order chi connectivity index (χ1) is 13.5. The zero-order chi connectivity index (χ0) is 20.1. The van der Waals surface area contributed by atoms with Crippen molar-refractivity contribution in [3.05, 3.63) is 59.7 Å². The van der Waals surface area contributed by atoms with Crippen molar-refractivity contribution in [2.75, 3.05) is 6.67 Å². The Morgan fingerprint density at radius 2 is 1.64 bits per heavy atom. The highest BCUT2D eigenvalue weighted by Crippen LogP contribution is 2.25. The minimum Gasteiger partial charge on any atom is -0.386 e. The van der Waals surface area contributed by atoms with Crippen molar-refractivity contribution in [2.24, 2.45) is 0 Å². The summed E-state index contributed by atoms with van der Waals surface area (Å²) in [4.78, 5) is 10.2. The summed E-state index contributed by atoms with van der Waals surface area (Å²) in [6.07, 6.45) is 1.33. The van der Waals surface area contributed by atoms with Crippen molar-refractivity contribution in [3.8, 4) is 11.1 Å². The highest BCUT2D eigenvalue weighted by atomic mass is 35.5. The minimum absolute atomic E-state index is 0.498. The lowest BCUT2D eigenvalue weighted by Crippen LogP contribution is -2.43. The van der Waals surface area contributed by atoms with Crippen LogP contribution >= 0.6 is 23.2 Å². The number of carbonyl (C=O) groups excluding carboxylic acids is 1. The first kappa shape index (κ1) is 21.1. The molecule has 3 N–H and O–H groups in total. The van der Waals surface area contributed by atoms with E-state index in [9.17, 15) is 14.3 Å². The number of aliphatic hydroxyl groups is 1. The van der Waals surface area contributed by atoms with Crippen LogP contribution in [0.25, 0.3) is 11.1 Å². The number of amides is 1. The normalized spacial score (nSPS) is 16.0. The third kappa shape index (κ3) is 5.67. The number of nitrogens with one attached hydrogen (secondary N) is 2. The molecule has 0 aliphatic heterocycles. The van der Waals surface area contributed by atoms with Crippen LogP contribution in [0.2, 0.25) is 0 Å². The molecule has 0 bridgehead atoms. The smallest absolute Gasteiger partial charge is 0.253 e. The molecular weight excluding hydrogens is 402 g/mol. The van der Waals surface area contributed by atoms with Crippen LogP contribution in [0.4, 0.5) is 4.39 Å². The number of hydrogen-bond acceptors (Lipinski definition) is 3. The lowest BCUT2D eigenvalue weighted by molar-refractivity contribution is -0.121. The van der Waals surface area contributed by atoms with E-state index in [1.807, 2.05) is 12.1 Å². The van der Waals surface area contributed by atoms with Gasteiger partial charge in [0.1, 0.15) is 12.8 Å². The molecule has 1 amide bonds. The molecule has 3 rings (SSSR count). The molecule has 150 valence electrons. The molecule has 7 heteroatoms. The predicted molar refractivity (Wildman–Crippen MR) is 110 cm³/mol. The van der Waals surface area contributed by atoms with Crippen LogP contribution in [0.15, 0.2) is 48.5 Å². The second kappa shape index (κ2) is 9.70. The molecule has 0 saturated heterocycles. The Morgan fingerprint density at radius 3 is 2.14 bits per heavy atom. The van der Waals surface area contributed by atoms with Gasteiger partial charge in [0.05, 0.1) is 6.04 Å². The van der Waals surface area contributed by atoms with Gasteiger partial charge in [0, 0.05) is 12.6 Å². The summed E-state index contributed by atoms with van der Waals surface area (Å²) < 4.78 is 13.2. The summed E-state index contributed by atoms with van der Waals surface area (Å²) in [7, 11) is 0. The molecule has 2 atom stereocenters. The highest BCUT2D eigenvalue weighted by molar-refractivity contribution is 6.53. The predicted octanol–water partition coefficient (Wildman–Crippen LogP) is 3.90. The van der Waals surface area contributed by atoms with Crippen LogP contribution in [0.3, 0.4) is 0 Å². The average Bonchev–Trinajstić information content (AvgIpc) is 3.55. The van der Waals surface area contributed by atoms with Gasteiger partial charge >= 0.3 is 0 Å². The van der Waals surface area contributed by atoms with E-state index in [0.717, 1.165) is 17.7 Å². The quantitative estimate of drug-likeness (QED) is 0.535. The van der Waals surface area contributed by atoms with Crippen LogP contribution in [0.1, 0.15) is 30.1 Å². The Bertz CT molecular complexity index is 780. The highest BCUT2D eigenvalue weighted by Gasteiger charge is 2.25. The van der Waals surface area contributed by atoms with Gasteiger partial charge in [0.2, 0.25) is 0 Å². The Kier molecular flexibility index (Phi) is 7.30. The maximum Gasteiger partial charge on any atom is 0.253 e. The van der Waals surface area contributed by atoms with Crippen LogP contribution in [0.5, 0.6) is 0 Å². The molecule has 2 aromatic rings. The fourth-order valence-electron chi connectivity index (χ4n) is 2.92. The molecule has 28 heavy (non-hydrogen) atoms. The number of alkyl halides is 3. The molecule has 0 radical (unpaired) electrons. The Hall–Kier alpha value is -1.66. The summed E-state index contributed by atoms with van der Waals surface area (Å²) in [6.45, 7) is -0.0661. The van der Waals surface area contributed by atoms with Crippen LogP contribution in [0, 0.1) is 0 Å². The summed E-state index contributed by atoms with van der Waals surface area (Å²) in [6, 6.07) is 15.0. The number of aliphatic hydroxyl groups excluding tert-OH is 1. The summed E-state index contributed by atoms with van der Waals surface area (Å²) in [5.41, 5.74) is 3.78. The molecule has 0 spiro atoms. The van der Waals surface area contributed by atoms with E-state index >= 15 is 0 Å². The number of benzene rings is 2. The van der Waals surface area contributed by atoms with Gasteiger partial charge in [-0.1, -0.05) is 71.7 Å². The van der Waals surface area contributed by atoms with Crippen molar-refractivity contribution >= 4 is 29.1 Å². The standard InChI is InChI=1S/C21H23Cl2FN2O2/c22-20(23)21(28)26-18(11-24)19(27)16-7-5-15(6-8-16)14-3-1-13(2-4-14)12-25-17-9-10-17/h1-8,17-20,25,27H,9-12H2,(H,26,28). The van der Waals surface area contributed by atoms with Gasteiger partial charge in [0.25, 0.3) is 5.91 Å². The SMILES string of the molecule is O=C(NC(CF)C(O)c1ccc(-c2ccc(CNC3CC3)cc2)cc1)C(Cl)Cl. The molecule has 1 saturated carbocycles. The van der Waals surface area contributed by atoms with Crippen LogP contribution in [-0.2, 0) is 11.3 Å². The second-order valence-electron chi connectivity index (χ2n) is 6.99. The Balaban J connectivity index is 1.63. The van der Waals surface area contributed by atoms with Crippen molar-refractivity contribution in [1.82, 2.24) is 10.6 Å². The second-order valence-corrected chi connectivity index (χ2v) is 8.09. The molecular formula is C21H23Cl2FN2O2.